The van der Waals surface area contributed by atoms with E-state index in [0.717, 1.165) is 19.4 Å². The number of rotatable bonds is 4. The monoisotopic (exact) mass is 266 g/mol. The molecule has 1 saturated heterocycles. The number of carbonyl (C=O) groups is 1. The molecule has 0 bridgehead atoms. The first-order valence-corrected chi connectivity index (χ1v) is 6.54. The maximum Gasteiger partial charge on any atom is 0.244 e. The summed E-state index contributed by atoms with van der Waals surface area (Å²) in [5.74, 6) is -0.137. The Morgan fingerprint density at radius 2 is 2.37 bits per heavy atom. The molecular weight excluding hydrogens is 247 g/mol. The van der Waals surface area contributed by atoms with Crippen molar-refractivity contribution in [2.24, 2.45) is 0 Å². The van der Waals surface area contributed by atoms with Gasteiger partial charge in [0.15, 0.2) is 0 Å². The van der Waals surface area contributed by atoms with Crippen molar-refractivity contribution in [3.05, 3.63) is 24.0 Å². The van der Waals surface area contributed by atoms with Gasteiger partial charge in [0.05, 0.1) is 17.8 Å². The van der Waals surface area contributed by atoms with Gasteiger partial charge in [-0.1, -0.05) is 0 Å². The fraction of sp³-hybridized carbons (Fsp3) is 0.500. The third-order valence-electron chi connectivity index (χ3n) is 3.36. The van der Waals surface area contributed by atoms with Crippen molar-refractivity contribution in [3.8, 4) is 5.75 Å². The number of amides is 1. The molecule has 0 aliphatic carbocycles. The van der Waals surface area contributed by atoms with Crippen LogP contribution in [0.3, 0.4) is 0 Å². The molecule has 2 N–H and O–H groups in total. The Kier molecular flexibility index (Phi) is 4.04. The molecule has 19 heavy (non-hydrogen) atoms. The van der Waals surface area contributed by atoms with Crippen molar-refractivity contribution in [1.29, 1.82) is 0 Å². The van der Waals surface area contributed by atoms with Crippen molar-refractivity contribution in [2.75, 3.05) is 18.5 Å². The fourth-order valence-corrected chi connectivity index (χ4v) is 2.22. The zero-order valence-electron chi connectivity index (χ0n) is 11.3. The van der Waals surface area contributed by atoms with Crippen LogP contribution in [0.15, 0.2) is 18.2 Å². The van der Waals surface area contributed by atoms with Crippen molar-refractivity contribution < 1.29 is 13.9 Å². The minimum absolute atomic E-state index is 0.113. The van der Waals surface area contributed by atoms with Crippen LogP contribution in [-0.4, -0.2) is 24.6 Å². The van der Waals surface area contributed by atoms with Crippen LogP contribution in [0.5, 0.6) is 5.75 Å². The van der Waals surface area contributed by atoms with Crippen LogP contribution < -0.4 is 15.4 Å². The van der Waals surface area contributed by atoms with Crippen molar-refractivity contribution >= 4 is 11.6 Å². The lowest BCUT2D eigenvalue weighted by molar-refractivity contribution is -0.121. The first kappa shape index (κ1) is 13.8. The normalized spacial score (nSPS) is 22.3. The molecule has 1 unspecified atom stereocenters. The van der Waals surface area contributed by atoms with E-state index in [0.29, 0.717) is 18.0 Å². The van der Waals surface area contributed by atoms with Crippen LogP contribution in [0.4, 0.5) is 10.1 Å². The Labute approximate surface area is 112 Å². The molecule has 0 spiro atoms. The molecule has 0 aromatic heterocycles. The summed E-state index contributed by atoms with van der Waals surface area (Å²) in [5, 5.41) is 6.00. The Morgan fingerprint density at radius 1 is 1.58 bits per heavy atom. The van der Waals surface area contributed by atoms with Gasteiger partial charge in [-0.2, -0.15) is 0 Å². The van der Waals surface area contributed by atoms with Gasteiger partial charge < -0.3 is 15.4 Å². The smallest absolute Gasteiger partial charge is 0.244 e. The quantitative estimate of drug-likeness (QED) is 0.879. The lowest BCUT2D eigenvalue weighted by atomic mass is 9.99. The van der Waals surface area contributed by atoms with E-state index in [1.807, 2.05) is 13.8 Å². The van der Waals surface area contributed by atoms with E-state index >= 15 is 0 Å². The minimum atomic E-state index is -0.558. The second kappa shape index (κ2) is 5.57. The summed E-state index contributed by atoms with van der Waals surface area (Å²) in [6.45, 7) is 4.95. The lowest BCUT2D eigenvalue weighted by Gasteiger charge is -2.23. The summed E-state index contributed by atoms with van der Waals surface area (Å²) in [7, 11) is 0. The average molecular weight is 266 g/mol. The highest BCUT2D eigenvalue weighted by molar-refractivity contribution is 5.99. The molecule has 1 atom stereocenters. The van der Waals surface area contributed by atoms with Gasteiger partial charge in [0.25, 0.3) is 0 Å². The van der Waals surface area contributed by atoms with Crippen LogP contribution >= 0.6 is 0 Å². The summed E-state index contributed by atoms with van der Waals surface area (Å²) in [4.78, 5) is 12.3. The number of halogens is 1. The predicted molar refractivity (Wildman–Crippen MR) is 71.8 cm³/mol. The topological polar surface area (TPSA) is 50.4 Å². The molecule has 1 aliphatic heterocycles. The first-order valence-electron chi connectivity index (χ1n) is 6.54. The van der Waals surface area contributed by atoms with Gasteiger partial charge in [-0.3, -0.25) is 4.79 Å². The predicted octanol–water partition coefficient (Wildman–Crippen LogP) is 2.30. The van der Waals surface area contributed by atoms with Gasteiger partial charge >= 0.3 is 0 Å². The van der Waals surface area contributed by atoms with Crippen LogP contribution in [-0.2, 0) is 4.79 Å². The van der Waals surface area contributed by atoms with Crippen molar-refractivity contribution in [1.82, 2.24) is 5.32 Å². The third-order valence-corrected chi connectivity index (χ3v) is 3.36. The van der Waals surface area contributed by atoms with Crippen LogP contribution in [0.1, 0.15) is 26.7 Å². The molecule has 5 heteroatoms. The van der Waals surface area contributed by atoms with Crippen LogP contribution in [0.2, 0.25) is 0 Å². The van der Waals surface area contributed by atoms with Crippen molar-refractivity contribution in [2.45, 2.75) is 32.2 Å². The lowest BCUT2D eigenvalue weighted by Crippen LogP contribution is -2.48. The van der Waals surface area contributed by atoms with Gasteiger partial charge in [0, 0.05) is 6.07 Å². The Balaban J connectivity index is 2.16. The maximum atomic E-state index is 13.2. The summed E-state index contributed by atoms with van der Waals surface area (Å²) >= 11 is 0. The van der Waals surface area contributed by atoms with Gasteiger partial charge in [-0.05, 0) is 45.4 Å². The summed E-state index contributed by atoms with van der Waals surface area (Å²) in [5.41, 5.74) is -0.0547. The van der Waals surface area contributed by atoms with Crippen LogP contribution in [0, 0.1) is 5.82 Å². The highest BCUT2D eigenvalue weighted by Gasteiger charge is 2.36. The van der Waals surface area contributed by atoms with E-state index in [9.17, 15) is 9.18 Å². The Hall–Kier alpha value is -1.62. The zero-order valence-corrected chi connectivity index (χ0v) is 11.3. The number of carbonyl (C=O) groups excluding carboxylic acids is 1. The third kappa shape index (κ3) is 3.04. The van der Waals surface area contributed by atoms with Gasteiger partial charge in [-0.25, -0.2) is 4.39 Å². The number of ether oxygens (including phenoxy) is 1. The maximum absolute atomic E-state index is 13.2. The molecule has 1 amide bonds. The molecule has 0 saturated carbocycles. The number of anilines is 1. The largest absolute Gasteiger partial charge is 0.492 e. The number of nitrogens with one attached hydrogen (secondary N) is 2. The number of benzene rings is 1. The zero-order chi connectivity index (χ0) is 13.9. The SMILES string of the molecule is CCOc1cc(F)ccc1NC(=O)C1(C)CCCN1. The molecule has 1 heterocycles. The van der Waals surface area contributed by atoms with Gasteiger partial charge in [-0.15, -0.1) is 0 Å². The van der Waals surface area contributed by atoms with Crippen LogP contribution in [0.25, 0.3) is 0 Å². The summed E-state index contributed by atoms with van der Waals surface area (Å²) in [6, 6.07) is 4.11. The Bertz CT molecular complexity index is 471. The van der Waals surface area contributed by atoms with E-state index in [4.69, 9.17) is 4.74 Å². The van der Waals surface area contributed by atoms with Gasteiger partial charge in [0.2, 0.25) is 5.91 Å². The highest BCUT2D eigenvalue weighted by atomic mass is 19.1. The standard InChI is InChI=1S/C14H19FN2O2/c1-3-19-12-9-10(15)5-6-11(12)17-13(18)14(2)7-4-8-16-14/h5-6,9,16H,3-4,7-8H2,1-2H3,(H,17,18). The number of hydrogen-bond donors (Lipinski definition) is 2. The molecule has 1 aromatic carbocycles. The molecule has 2 rings (SSSR count). The first-order chi connectivity index (χ1) is 9.05. The molecular formula is C14H19FN2O2. The molecule has 4 nitrogen and oxygen atoms in total. The van der Waals surface area contributed by atoms with E-state index < -0.39 is 5.54 Å². The Morgan fingerprint density at radius 3 is 3.00 bits per heavy atom. The minimum Gasteiger partial charge on any atom is -0.492 e. The second-order valence-electron chi connectivity index (χ2n) is 4.89. The molecule has 0 radical (unpaired) electrons. The van der Waals surface area contributed by atoms with Crippen molar-refractivity contribution in [3.63, 3.8) is 0 Å². The van der Waals surface area contributed by atoms with E-state index in [-0.39, 0.29) is 11.7 Å². The molecule has 1 aromatic rings. The average Bonchev–Trinajstić information content (AvgIpc) is 2.81. The van der Waals surface area contributed by atoms with E-state index in [1.165, 1.54) is 18.2 Å². The summed E-state index contributed by atoms with van der Waals surface area (Å²) in [6.07, 6.45) is 1.77. The molecule has 1 aliphatic rings. The summed E-state index contributed by atoms with van der Waals surface area (Å²) < 4.78 is 18.5. The molecule has 1 fully saturated rings. The second-order valence-corrected chi connectivity index (χ2v) is 4.89. The van der Waals surface area contributed by atoms with Gasteiger partial charge in [0.1, 0.15) is 11.6 Å². The van der Waals surface area contributed by atoms with E-state index in [2.05, 4.69) is 10.6 Å². The highest BCUT2D eigenvalue weighted by Crippen LogP contribution is 2.28. The van der Waals surface area contributed by atoms with E-state index in [1.54, 1.807) is 0 Å². The number of hydrogen-bond acceptors (Lipinski definition) is 3. The molecule has 104 valence electrons. The fourth-order valence-electron chi connectivity index (χ4n) is 2.22.